The molecule has 2 aromatic rings. The van der Waals surface area contributed by atoms with Crippen molar-refractivity contribution in [2.75, 3.05) is 5.32 Å². The minimum absolute atomic E-state index is 0.225. The van der Waals surface area contributed by atoms with Gasteiger partial charge in [-0.15, -0.1) is 11.3 Å². The molecule has 0 saturated carbocycles. The Bertz CT molecular complexity index is 893. The van der Waals surface area contributed by atoms with Gasteiger partial charge in [0, 0.05) is 9.90 Å². The van der Waals surface area contributed by atoms with Crippen LogP contribution in [0.15, 0.2) is 24.3 Å². The van der Waals surface area contributed by atoms with E-state index in [2.05, 4.69) is 5.32 Å². The number of aryl methyl sites for hydroxylation is 1. The molecule has 1 aromatic carbocycles. The van der Waals surface area contributed by atoms with Crippen molar-refractivity contribution in [2.45, 2.75) is 65.1 Å². The summed E-state index contributed by atoms with van der Waals surface area (Å²) in [5.41, 5.74) is 1.53. The number of carbonyl (C=O) groups is 2. The highest BCUT2D eigenvalue weighted by Crippen LogP contribution is 2.38. The molecule has 0 radical (unpaired) electrons. The maximum atomic E-state index is 12.8. The molecule has 156 valence electrons. The molecule has 0 saturated heterocycles. The number of halogens is 1. The Kier molecular flexibility index (Phi) is 7.19. The summed E-state index contributed by atoms with van der Waals surface area (Å²) in [5.74, 6) is -0.181. The average molecular weight is 436 g/mol. The highest BCUT2D eigenvalue weighted by Gasteiger charge is 2.28. The van der Waals surface area contributed by atoms with E-state index in [1.165, 1.54) is 11.3 Å². The molecule has 0 fully saturated rings. The number of hydrogen-bond acceptors (Lipinski definition) is 5. The number of thiophene rings is 1. The second kappa shape index (κ2) is 9.63. The van der Waals surface area contributed by atoms with Gasteiger partial charge in [0.25, 0.3) is 5.91 Å². The number of amides is 1. The quantitative estimate of drug-likeness (QED) is 0.471. The highest BCUT2D eigenvalue weighted by molar-refractivity contribution is 7.17. The van der Waals surface area contributed by atoms with Crippen LogP contribution in [0.4, 0.5) is 5.00 Å². The lowest BCUT2D eigenvalue weighted by atomic mass is 10.1. The lowest BCUT2D eigenvalue weighted by Crippen LogP contribution is -2.30. The third-order valence-corrected chi connectivity index (χ3v) is 6.13. The first-order valence-electron chi connectivity index (χ1n) is 9.93. The first-order valence-corrected chi connectivity index (χ1v) is 11.1. The van der Waals surface area contributed by atoms with Gasteiger partial charge in [-0.3, -0.25) is 4.79 Å². The number of nitrogens with one attached hydrogen (secondary N) is 1. The molecule has 5 nitrogen and oxygen atoms in total. The molecule has 0 aliphatic heterocycles. The predicted octanol–water partition coefficient (Wildman–Crippen LogP) is 5.64. The summed E-state index contributed by atoms with van der Waals surface area (Å²) in [7, 11) is 0. The van der Waals surface area contributed by atoms with E-state index >= 15 is 0 Å². The lowest BCUT2D eigenvalue weighted by Gasteiger charge is -2.15. The Hall–Kier alpha value is -2.05. The topological polar surface area (TPSA) is 64.6 Å². The van der Waals surface area contributed by atoms with Gasteiger partial charge < -0.3 is 14.8 Å². The molecule has 1 aromatic heterocycles. The van der Waals surface area contributed by atoms with Crippen LogP contribution in [0, 0.1) is 0 Å². The highest BCUT2D eigenvalue weighted by atomic mass is 35.5. The fourth-order valence-corrected chi connectivity index (χ4v) is 4.79. The van der Waals surface area contributed by atoms with E-state index < -0.39 is 6.10 Å². The molecular formula is C22H26ClNO4S. The second-order valence-corrected chi connectivity index (χ2v) is 8.97. The Morgan fingerprint density at radius 3 is 2.62 bits per heavy atom. The van der Waals surface area contributed by atoms with Crippen LogP contribution in [0.2, 0.25) is 5.02 Å². The smallest absolute Gasteiger partial charge is 0.341 e. The molecule has 0 spiro atoms. The van der Waals surface area contributed by atoms with Crippen molar-refractivity contribution in [1.29, 1.82) is 0 Å². The number of rotatable bonds is 6. The van der Waals surface area contributed by atoms with Gasteiger partial charge in [-0.1, -0.05) is 24.1 Å². The second-order valence-electron chi connectivity index (χ2n) is 7.43. The van der Waals surface area contributed by atoms with Gasteiger partial charge in [0.15, 0.2) is 6.10 Å². The van der Waals surface area contributed by atoms with Gasteiger partial charge in [0.05, 0.1) is 11.7 Å². The number of esters is 1. The fraction of sp³-hybridized carbons (Fsp3) is 0.455. The van der Waals surface area contributed by atoms with Gasteiger partial charge in [0.1, 0.15) is 10.8 Å². The average Bonchev–Trinajstić information content (AvgIpc) is 2.82. The molecule has 0 bridgehead atoms. The van der Waals surface area contributed by atoms with Crippen LogP contribution < -0.4 is 10.1 Å². The van der Waals surface area contributed by atoms with E-state index in [9.17, 15) is 9.59 Å². The zero-order valence-corrected chi connectivity index (χ0v) is 18.5. The summed E-state index contributed by atoms with van der Waals surface area (Å²) in [6.45, 7) is 5.31. The van der Waals surface area contributed by atoms with E-state index in [0.717, 1.165) is 42.5 Å². The summed E-state index contributed by atoms with van der Waals surface area (Å²) < 4.78 is 11.2. The van der Waals surface area contributed by atoms with Gasteiger partial charge in [-0.05, 0) is 70.2 Å². The maximum Gasteiger partial charge on any atom is 0.341 e. The monoisotopic (exact) mass is 435 g/mol. The summed E-state index contributed by atoms with van der Waals surface area (Å²) in [6.07, 6.45) is 4.06. The fourth-order valence-electron chi connectivity index (χ4n) is 3.33. The van der Waals surface area contributed by atoms with Gasteiger partial charge in [0.2, 0.25) is 0 Å². The number of benzene rings is 1. The van der Waals surface area contributed by atoms with Crippen LogP contribution >= 0.6 is 22.9 Å². The summed E-state index contributed by atoms with van der Waals surface area (Å²) in [4.78, 5) is 26.7. The van der Waals surface area contributed by atoms with Crippen molar-refractivity contribution < 1.29 is 19.1 Å². The van der Waals surface area contributed by atoms with Crippen LogP contribution in [-0.4, -0.2) is 24.1 Å². The van der Waals surface area contributed by atoms with Crippen molar-refractivity contribution in [3.63, 3.8) is 0 Å². The minimum atomic E-state index is -0.746. The van der Waals surface area contributed by atoms with E-state index in [0.29, 0.717) is 21.3 Å². The maximum absolute atomic E-state index is 12.8. The van der Waals surface area contributed by atoms with Crippen molar-refractivity contribution >= 4 is 39.8 Å². The summed E-state index contributed by atoms with van der Waals surface area (Å²) in [5, 5.41) is 3.99. The normalized spacial score (nSPS) is 14.7. The largest absolute Gasteiger partial charge is 0.481 e. The van der Waals surface area contributed by atoms with E-state index in [4.69, 9.17) is 21.1 Å². The van der Waals surface area contributed by atoms with Crippen LogP contribution in [0.25, 0.3) is 0 Å². The summed E-state index contributed by atoms with van der Waals surface area (Å²) in [6, 6.07) is 6.90. The zero-order chi connectivity index (χ0) is 21.0. The lowest BCUT2D eigenvalue weighted by molar-refractivity contribution is -0.122. The SMILES string of the molecule is CC(C)OC(=O)c1c(NC(=O)C(C)Oc2cccc(Cl)c2)sc2c1CCCCC2. The molecule has 1 aliphatic rings. The van der Waals surface area contributed by atoms with Crippen molar-refractivity contribution in [3.8, 4) is 5.75 Å². The van der Waals surface area contributed by atoms with Crippen LogP contribution in [0.5, 0.6) is 5.75 Å². The van der Waals surface area contributed by atoms with E-state index in [1.54, 1.807) is 31.2 Å². The standard InChI is InChI=1S/C22H26ClNO4S/c1-13(2)27-22(26)19-17-10-5-4-6-11-18(17)29-21(19)24-20(25)14(3)28-16-9-7-8-15(23)12-16/h7-9,12-14H,4-6,10-11H2,1-3H3,(H,24,25). The molecule has 1 heterocycles. The Morgan fingerprint density at radius 1 is 1.14 bits per heavy atom. The number of ether oxygens (including phenoxy) is 2. The molecule has 1 unspecified atom stereocenters. The molecule has 1 N–H and O–H groups in total. The molecular weight excluding hydrogens is 410 g/mol. The number of carbonyl (C=O) groups excluding carboxylic acids is 2. The molecule has 3 rings (SSSR count). The van der Waals surface area contributed by atoms with Crippen molar-refractivity contribution in [3.05, 3.63) is 45.3 Å². The molecule has 7 heteroatoms. The molecule has 1 aliphatic carbocycles. The third kappa shape index (κ3) is 5.52. The van der Waals surface area contributed by atoms with Crippen molar-refractivity contribution in [2.24, 2.45) is 0 Å². The van der Waals surface area contributed by atoms with E-state index in [-0.39, 0.29) is 18.0 Å². The van der Waals surface area contributed by atoms with E-state index in [1.807, 2.05) is 13.8 Å². The first kappa shape index (κ1) is 21.7. The number of hydrogen-bond donors (Lipinski definition) is 1. The minimum Gasteiger partial charge on any atom is -0.481 e. The Labute approximate surface area is 180 Å². The number of fused-ring (bicyclic) bond motifs is 1. The summed E-state index contributed by atoms with van der Waals surface area (Å²) >= 11 is 7.45. The van der Waals surface area contributed by atoms with Gasteiger partial charge >= 0.3 is 5.97 Å². The van der Waals surface area contributed by atoms with Gasteiger partial charge in [-0.25, -0.2) is 4.79 Å². The Balaban J connectivity index is 1.81. The predicted molar refractivity (Wildman–Crippen MR) is 116 cm³/mol. The van der Waals surface area contributed by atoms with Crippen LogP contribution in [0.1, 0.15) is 60.8 Å². The molecule has 1 amide bonds. The third-order valence-electron chi connectivity index (χ3n) is 4.68. The zero-order valence-electron chi connectivity index (χ0n) is 16.9. The van der Waals surface area contributed by atoms with Crippen molar-refractivity contribution in [1.82, 2.24) is 0 Å². The molecule has 29 heavy (non-hydrogen) atoms. The van der Waals surface area contributed by atoms with Crippen LogP contribution in [0.3, 0.4) is 0 Å². The first-order chi connectivity index (χ1) is 13.8. The Morgan fingerprint density at radius 2 is 1.90 bits per heavy atom. The molecule has 1 atom stereocenters. The number of anilines is 1. The van der Waals surface area contributed by atoms with Crippen LogP contribution in [-0.2, 0) is 22.4 Å². The van der Waals surface area contributed by atoms with Gasteiger partial charge in [-0.2, -0.15) is 0 Å².